The number of halogens is 1. The lowest BCUT2D eigenvalue weighted by Gasteiger charge is -2.22. The second-order valence-electron chi connectivity index (χ2n) is 8.09. The van der Waals surface area contributed by atoms with Crippen LogP contribution in [0, 0.1) is 29.0 Å². The van der Waals surface area contributed by atoms with Gasteiger partial charge in [0.1, 0.15) is 28.8 Å². The van der Waals surface area contributed by atoms with E-state index in [2.05, 4.69) is 33.8 Å². The van der Waals surface area contributed by atoms with E-state index in [0.29, 0.717) is 31.0 Å². The maximum Gasteiger partial charge on any atom is 0.255 e. The van der Waals surface area contributed by atoms with Gasteiger partial charge in [-0.15, -0.1) is 0 Å². The lowest BCUT2D eigenvalue weighted by atomic mass is 10.1. The number of nitriles is 1. The van der Waals surface area contributed by atoms with Crippen molar-refractivity contribution in [1.82, 2.24) is 24.1 Å². The van der Waals surface area contributed by atoms with Crippen LogP contribution >= 0.6 is 0 Å². The van der Waals surface area contributed by atoms with Crippen LogP contribution in [0.2, 0.25) is 0 Å². The molecule has 0 spiro atoms. The van der Waals surface area contributed by atoms with Crippen LogP contribution in [0.1, 0.15) is 39.8 Å². The number of hydrogen-bond donors (Lipinski definition) is 2. The number of nitrogens with two attached hydrogens (primary N) is 1. The van der Waals surface area contributed by atoms with Gasteiger partial charge in [-0.25, -0.2) is 14.1 Å². The molecule has 11 nitrogen and oxygen atoms in total. The van der Waals surface area contributed by atoms with Crippen LogP contribution in [0.15, 0.2) is 31.1 Å². The van der Waals surface area contributed by atoms with E-state index in [1.165, 1.54) is 22.7 Å². The van der Waals surface area contributed by atoms with Gasteiger partial charge in [0, 0.05) is 33.0 Å². The van der Waals surface area contributed by atoms with E-state index in [1.807, 2.05) is 6.07 Å². The van der Waals surface area contributed by atoms with Gasteiger partial charge in [-0.2, -0.15) is 10.4 Å². The van der Waals surface area contributed by atoms with Gasteiger partial charge in [0.2, 0.25) is 5.91 Å². The normalized spacial score (nSPS) is 16.9. The number of fused-ring (bicyclic) bond motifs is 1. The lowest BCUT2D eigenvalue weighted by Crippen LogP contribution is -2.37. The van der Waals surface area contributed by atoms with Crippen molar-refractivity contribution >= 4 is 23.3 Å². The van der Waals surface area contributed by atoms with Crippen LogP contribution < -0.4 is 11.1 Å². The Kier molecular flexibility index (Phi) is 6.72. The van der Waals surface area contributed by atoms with E-state index in [9.17, 15) is 14.0 Å². The molecule has 184 valence electrons. The molecule has 2 atom stereocenters. The molecular formula is C24H23FN8O3. The van der Waals surface area contributed by atoms with E-state index in [4.69, 9.17) is 15.7 Å². The number of anilines is 1. The zero-order chi connectivity index (χ0) is 26.0. The summed E-state index contributed by atoms with van der Waals surface area (Å²) in [6.45, 7) is 4.20. The molecular weight excluding hydrogens is 467 g/mol. The Balaban J connectivity index is 1.75. The average molecular weight is 490 g/mol. The van der Waals surface area contributed by atoms with Gasteiger partial charge in [0.15, 0.2) is 11.5 Å². The number of nitrogens with zero attached hydrogens (tertiary/aromatic N) is 6. The van der Waals surface area contributed by atoms with Gasteiger partial charge in [-0.3, -0.25) is 14.0 Å². The molecule has 0 saturated carbocycles. The molecule has 0 bridgehead atoms. The molecule has 2 amide bonds. The fourth-order valence-corrected chi connectivity index (χ4v) is 4.37. The first-order valence-electron chi connectivity index (χ1n) is 10.9. The summed E-state index contributed by atoms with van der Waals surface area (Å²) in [5.74, 6) is 4.11. The summed E-state index contributed by atoms with van der Waals surface area (Å²) in [5.41, 5.74) is 6.30. The summed E-state index contributed by atoms with van der Waals surface area (Å²) in [6.07, 6.45) is 4.21. The second-order valence-corrected chi connectivity index (χ2v) is 8.09. The minimum atomic E-state index is -0.761. The number of amides is 2. The topological polar surface area (TPSA) is 144 Å². The number of methoxy groups -OCH3 is 1. The van der Waals surface area contributed by atoms with Gasteiger partial charge in [-0.1, -0.05) is 12.5 Å². The largest absolute Gasteiger partial charge is 0.383 e. The fourth-order valence-electron chi connectivity index (χ4n) is 4.37. The number of carbonyl (C=O) groups excluding carboxylic acids is 2. The number of imidazole rings is 1. The zero-order valence-corrected chi connectivity index (χ0v) is 19.7. The van der Waals surface area contributed by atoms with Crippen LogP contribution in [-0.4, -0.2) is 69.2 Å². The quantitative estimate of drug-likeness (QED) is 0.388. The van der Waals surface area contributed by atoms with Crippen molar-refractivity contribution in [1.29, 1.82) is 5.26 Å². The highest BCUT2D eigenvalue weighted by Crippen LogP contribution is 2.32. The van der Waals surface area contributed by atoms with E-state index in [0.717, 1.165) is 6.20 Å². The minimum Gasteiger partial charge on any atom is -0.383 e. The highest BCUT2D eigenvalue weighted by Gasteiger charge is 2.37. The van der Waals surface area contributed by atoms with E-state index in [-0.39, 0.29) is 40.5 Å². The third kappa shape index (κ3) is 4.26. The molecule has 36 heavy (non-hydrogen) atoms. The Hall–Kier alpha value is -4.68. The van der Waals surface area contributed by atoms with Crippen molar-refractivity contribution in [2.75, 3.05) is 32.6 Å². The summed E-state index contributed by atoms with van der Waals surface area (Å²) in [5, 5.41) is 16.6. The van der Waals surface area contributed by atoms with Crippen molar-refractivity contribution in [2.45, 2.75) is 18.5 Å². The van der Waals surface area contributed by atoms with Crippen LogP contribution in [-0.2, 0) is 9.53 Å². The van der Waals surface area contributed by atoms with E-state index >= 15 is 0 Å². The smallest absolute Gasteiger partial charge is 0.255 e. The van der Waals surface area contributed by atoms with Crippen molar-refractivity contribution in [3.05, 3.63) is 59.4 Å². The monoisotopic (exact) mass is 490 g/mol. The maximum absolute atomic E-state index is 14.7. The summed E-state index contributed by atoms with van der Waals surface area (Å²) in [4.78, 5) is 30.4. The summed E-state index contributed by atoms with van der Waals surface area (Å²) in [7, 11) is 3.17. The number of rotatable bonds is 6. The first kappa shape index (κ1) is 24.4. The van der Waals surface area contributed by atoms with Gasteiger partial charge in [0.05, 0.1) is 30.5 Å². The van der Waals surface area contributed by atoms with Crippen molar-refractivity contribution in [3.63, 3.8) is 0 Å². The van der Waals surface area contributed by atoms with E-state index in [1.54, 1.807) is 23.7 Å². The third-order valence-corrected chi connectivity index (χ3v) is 5.98. The minimum absolute atomic E-state index is 0.0114. The van der Waals surface area contributed by atoms with Crippen LogP contribution in [0.25, 0.3) is 5.65 Å². The number of nitrogens with one attached hydrogen (secondary N) is 1. The van der Waals surface area contributed by atoms with E-state index < -0.39 is 11.7 Å². The number of carbonyl (C=O) groups is 2. The molecule has 12 heteroatoms. The van der Waals surface area contributed by atoms with Gasteiger partial charge in [-0.05, 0) is 18.4 Å². The summed E-state index contributed by atoms with van der Waals surface area (Å²) >= 11 is 0. The molecule has 0 aromatic carbocycles. The Labute approximate surface area is 205 Å². The number of ether oxygens (including phenoxy) is 1. The Morgan fingerprint density at radius 2 is 2.22 bits per heavy atom. The van der Waals surface area contributed by atoms with Crippen LogP contribution in [0.5, 0.6) is 0 Å². The molecule has 3 N–H and O–H groups in total. The summed E-state index contributed by atoms with van der Waals surface area (Å²) in [6, 6.07) is 2.82. The van der Waals surface area contributed by atoms with Gasteiger partial charge in [0.25, 0.3) is 5.91 Å². The third-order valence-electron chi connectivity index (χ3n) is 5.98. The summed E-state index contributed by atoms with van der Waals surface area (Å²) < 4.78 is 22.9. The van der Waals surface area contributed by atoms with Crippen LogP contribution in [0.4, 0.5) is 10.2 Å². The highest BCUT2D eigenvalue weighted by molar-refractivity contribution is 6.00. The number of hydrogen-bond acceptors (Lipinski definition) is 7. The predicted molar refractivity (Wildman–Crippen MR) is 127 cm³/mol. The first-order valence-corrected chi connectivity index (χ1v) is 10.9. The van der Waals surface area contributed by atoms with Crippen molar-refractivity contribution in [2.24, 2.45) is 5.73 Å². The maximum atomic E-state index is 14.7. The number of primary amides is 1. The van der Waals surface area contributed by atoms with Gasteiger partial charge < -0.3 is 20.7 Å². The standard InChI is InChI=1S/C24H23FN8O3/c1-4-21(34)32-11-15(8-16(32)13-36-3)33-24(28-2)22(23(27)35)19(30-33)6-5-14-7-20-29-10-17(9-26)31(20)12-18(14)25/h4,7,10,12,15-16,28H,1,8,11,13H2,2-3H3,(H2,27,35)/t15-,16+/m0/s1. The Morgan fingerprint density at radius 3 is 2.86 bits per heavy atom. The zero-order valence-electron chi connectivity index (χ0n) is 19.7. The first-order chi connectivity index (χ1) is 17.3. The average Bonchev–Trinajstić information content (AvgIpc) is 3.56. The molecule has 4 heterocycles. The highest BCUT2D eigenvalue weighted by atomic mass is 19.1. The van der Waals surface area contributed by atoms with Crippen LogP contribution in [0.3, 0.4) is 0 Å². The number of likely N-dealkylation sites (tertiary alicyclic amines) is 1. The van der Waals surface area contributed by atoms with Crippen molar-refractivity contribution < 1.29 is 18.7 Å². The number of pyridine rings is 1. The molecule has 0 aliphatic carbocycles. The Morgan fingerprint density at radius 1 is 1.44 bits per heavy atom. The van der Waals surface area contributed by atoms with Crippen molar-refractivity contribution in [3.8, 4) is 17.9 Å². The molecule has 3 aromatic rings. The number of aromatic nitrogens is 4. The second kappa shape index (κ2) is 9.90. The molecule has 4 rings (SSSR count). The molecule has 1 saturated heterocycles. The molecule has 1 aliphatic rings. The fraction of sp³-hybridized carbons (Fsp3) is 0.292. The molecule has 0 radical (unpaired) electrons. The molecule has 1 fully saturated rings. The molecule has 3 aromatic heterocycles. The van der Waals surface area contributed by atoms with Gasteiger partial charge >= 0.3 is 0 Å². The SMILES string of the molecule is C=CC(=O)N1C[C@@H](n2nc(C#Cc3cc4ncc(C#N)n4cc3F)c(C(N)=O)c2NC)C[C@@H]1COC. The Bertz CT molecular complexity index is 1470. The molecule has 1 aliphatic heterocycles. The predicted octanol–water partition coefficient (Wildman–Crippen LogP) is 1.06. The molecule has 0 unspecified atom stereocenters. The lowest BCUT2D eigenvalue weighted by molar-refractivity contribution is -0.127.